The molecule has 0 bridgehead atoms. The average molecular weight is 1010 g/mol. The third-order valence-electron chi connectivity index (χ3n) is 12.1. The molecule has 0 aliphatic heterocycles. The summed E-state index contributed by atoms with van der Waals surface area (Å²) in [6, 6.07) is 0. The van der Waals surface area contributed by atoms with Crippen molar-refractivity contribution < 1.29 is 28.6 Å². The Morgan fingerprint density at radius 3 is 0.918 bits per heavy atom. The number of allylic oxidation sites excluding steroid dienone is 22. The van der Waals surface area contributed by atoms with Gasteiger partial charge < -0.3 is 14.2 Å². The fourth-order valence-corrected chi connectivity index (χ4v) is 7.77. The number of unbranched alkanes of at least 4 members (excludes halogenated alkanes) is 19. The van der Waals surface area contributed by atoms with Crippen LogP contribution in [0.25, 0.3) is 0 Å². The summed E-state index contributed by atoms with van der Waals surface area (Å²) < 4.78 is 16.7. The van der Waals surface area contributed by atoms with Crippen LogP contribution in [0, 0.1) is 0 Å². The lowest BCUT2D eigenvalue weighted by molar-refractivity contribution is -0.166. The van der Waals surface area contributed by atoms with Gasteiger partial charge in [0, 0.05) is 19.3 Å². The van der Waals surface area contributed by atoms with Gasteiger partial charge in [0.25, 0.3) is 0 Å². The Balaban J connectivity index is 4.49. The molecule has 0 fully saturated rings. The van der Waals surface area contributed by atoms with E-state index in [4.69, 9.17) is 14.2 Å². The number of ether oxygens (including phenoxy) is 3. The number of esters is 3. The molecule has 0 aromatic heterocycles. The van der Waals surface area contributed by atoms with Gasteiger partial charge in [0.2, 0.25) is 0 Å². The van der Waals surface area contributed by atoms with E-state index < -0.39 is 12.1 Å². The summed E-state index contributed by atoms with van der Waals surface area (Å²) in [4.78, 5) is 38.1. The van der Waals surface area contributed by atoms with Crippen LogP contribution in [0.2, 0.25) is 0 Å². The van der Waals surface area contributed by atoms with Gasteiger partial charge in [-0.05, 0) is 109 Å². The predicted octanol–water partition coefficient (Wildman–Crippen LogP) is 20.2. The third kappa shape index (κ3) is 58.3. The molecule has 6 nitrogen and oxygen atoms in total. The van der Waals surface area contributed by atoms with E-state index in [1.165, 1.54) is 116 Å². The monoisotopic (exact) mass is 1010 g/mol. The standard InChI is InChI=1S/C67H108O6/c1-4-7-10-13-16-19-22-25-27-29-31-32-33-34-36-37-39-42-45-48-51-54-57-60-66(69)72-63-64(62-71-65(68)59-56-53-50-47-44-41-24-21-18-15-12-9-6-3)73-67(70)61-58-55-52-49-46-43-40-38-35-30-28-26-23-20-17-14-11-8-5-2/h8-9,11-12,17-18,20-21,26,28-29,31,35,38,41,43-44,46,50,52-53,55,64H,4-7,10,13-16,19,22-25,27,30,32-34,36-37,39-40,42,45,47-49,51,54,56-63H2,1-3H3/b11-8-,12-9-,20-17-,21-18-,28-26-,31-29-,38-35-,44-41-,46-43-,53-50-,55-52-. The Labute approximate surface area is 449 Å². The maximum Gasteiger partial charge on any atom is 0.306 e. The Kier molecular flexibility index (Phi) is 56.4. The minimum Gasteiger partial charge on any atom is -0.462 e. The van der Waals surface area contributed by atoms with Gasteiger partial charge in [0.05, 0.1) is 0 Å². The first-order valence-electron chi connectivity index (χ1n) is 29.7. The Bertz CT molecular complexity index is 1580. The number of carbonyl (C=O) groups is 3. The van der Waals surface area contributed by atoms with Gasteiger partial charge in [-0.2, -0.15) is 0 Å². The molecular formula is C67H108O6. The van der Waals surface area contributed by atoms with E-state index in [0.29, 0.717) is 19.3 Å². The first-order valence-corrected chi connectivity index (χ1v) is 29.7. The van der Waals surface area contributed by atoms with Crippen molar-refractivity contribution in [3.05, 3.63) is 134 Å². The fraction of sp³-hybridized carbons (Fsp3) is 0.627. The van der Waals surface area contributed by atoms with E-state index in [-0.39, 0.29) is 38.0 Å². The van der Waals surface area contributed by atoms with Gasteiger partial charge in [-0.3, -0.25) is 14.4 Å². The summed E-state index contributed by atoms with van der Waals surface area (Å²) in [6.45, 7) is 6.28. The van der Waals surface area contributed by atoms with E-state index in [1.807, 2.05) is 24.3 Å². The second-order valence-corrected chi connectivity index (χ2v) is 19.1. The van der Waals surface area contributed by atoms with Gasteiger partial charge in [-0.15, -0.1) is 0 Å². The molecule has 0 saturated carbocycles. The van der Waals surface area contributed by atoms with E-state index in [1.54, 1.807) is 0 Å². The lowest BCUT2D eigenvalue weighted by Crippen LogP contribution is -2.30. The van der Waals surface area contributed by atoms with Gasteiger partial charge in [-0.25, -0.2) is 0 Å². The molecule has 6 heteroatoms. The van der Waals surface area contributed by atoms with Gasteiger partial charge in [0.1, 0.15) is 13.2 Å². The number of hydrogen-bond donors (Lipinski definition) is 0. The molecule has 1 unspecified atom stereocenters. The average Bonchev–Trinajstić information content (AvgIpc) is 3.39. The van der Waals surface area contributed by atoms with Gasteiger partial charge in [-0.1, -0.05) is 257 Å². The SMILES string of the molecule is CC/C=C\C/C=C\C/C=C\C/C=C\C/C=C\C/C=C\CCC(=O)OC(COC(=O)CC/C=C\C/C=C\C/C=C\C/C=C\CC)COC(=O)CCCCCCCCCCCCC/C=C\CCCCCCCCCC. The maximum atomic E-state index is 12.8. The first kappa shape index (κ1) is 68.6. The number of hydrogen-bond acceptors (Lipinski definition) is 6. The van der Waals surface area contributed by atoms with Crippen molar-refractivity contribution in [2.24, 2.45) is 0 Å². The zero-order chi connectivity index (χ0) is 52.9. The van der Waals surface area contributed by atoms with Crippen molar-refractivity contribution in [2.45, 2.75) is 258 Å². The molecule has 0 aliphatic carbocycles. The molecule has 0 radical (unpaired) electrons. The highest BCUT2D eigenvalue weighted by atomic mass is 16.6. The predicted molar refractivity (Wildman–Crippen MR) is 316 cm³/mol. The molecule has 0 aromatic carbocycles. The van der Waals surface area contributed by atoms with Crippen molar-refractivity contribution >= 4 is 17.9 Å². The van der Waals surface area contributed by atoms with Crippen LogP contribution in [0.15, 0.2) is 134 Å². The van der Waals surface area contributed by atoms with Gasteiger partial charge in [0.15, 0.2) is 6.10 Å². The Morgan fingerprint density at radius 2 is 0.562 bits per heavy atom. The molecule has 0 N–H and O–H groups in total. The third-order valence-corrected chi connectivity index (χ3v) is 12.1. The minimum absolute atomic E-state index is 0.134. The molecule has 412 valence electrons. The van der Waals surface area contributed by atoms with E-state index in [2.05, 4.69) is 130 Å². The summed E-state index contributed by atoms with van der Waals surface area (Å²) >= 11 is 0. The van der Waals surface area contributed by atoms with Gasteiger partial charge >= 0.3 is 17.9 Å². The summed E-state index contributed by atoms with van der Waals surface area (Å²) in [5.74, 6) is -1.11. The summed E-state index contributed by atoms with van der Waals surface area (Å²) in [5, 5.41) is 0. The van der Waals surface area contributed by atoms with Crippen LogP contribution >= 0.6 is 0 Å². The first-order chi connectivity index (χ1) is 36.0. The summed E-state index contributed by atoms with van der Waals surface area (Å²) in [7, 11) is 0. The second-order valence-electron chi connectivity index (χ2n) is 19.1. The van der Waals surface area contributed by atoms with Crippen molar-refractivity contribution in [1.82, 2.24) is 0 Å². The molecule has 0 rings (SSSR count). The van der Waals surface area contributed by atoms with Crippen LogP contribution in [0.5, 0.6) is 0 Å². The largest absolute Gasteiger partial charge is 0.462 e. The second kappa shape index (κ2) is 60.1. The quantitative estimate of drug-likeness (QED) is 0.0261. The maximum absolute atomic E-state index is 12.8. The summed E-state index contributed by atoms with van der Waals surface area (Å²) in [5.41, 5.74) is 0. The molecular weight excluding hydrogens is 901 g/mol. The van der Waals surface area contributed by atoms with Crippen molar-refractivity contribution in [3.8, 4) is 0 Å². The zero-order valence-electron chi connectivity index (χ0n) is 47.1. The number of rotatable bonds is 52. The molecule has 0 saturated heterocycles. The minimum atomic E-state index is -0.853. The highest BCUT2D eigenvalue weighted by molar-refractivity contribution is 5.71. The normalized spacial score (nSPS) is 13.1. The molecule has 1 atom stereocenters. The molecule has 0 amide bonds. The molecule has 0 spiro atoms. The van der Waals surface area contributed by atoms with Crippen molar-refractivity contribution in [3.63, 3.8) is 0 Å². The molecule has 0 aromatic rings. The highest BCUT2D eigenvalue weighted by Gasteiger charge is 2.19. The van der Waals surface area contributed by atoms with E-state index in [9.17, 15) is 14.4 Å². The molecule has 0 aliphatic rings. The van der Waals surface area contributed by atoms with Crippen molar-refractivity contribution in [1.29, 1.82) is 0 Å². The van der Waals surface area contributed by atoms with Crippen LogP contribution in [0.1, 0.15) is 252 Å². The topological polar surface area (TPSA) is 78.9 Å². The van der Waals surface area contributed by atoms with Crippen LogP contribution in [-0.4, -0.2) is 37.2 Å². The molecule has 73 heavy (non-hydrogen) atoms. The fourth-order valence-electron chi connectivity index (χ4n) is 7.77. The van der Waals surface area contributed by atoms with Crippen molar-refractivity contribution in [2.75, 3.05) is 13.2 Å². The van der Waals surface area contributed by atoms with E-state index in [0.717, 1.165) is 83.5 Å². The lowest BCUT2D eigenvalue weighted by atomic mass is 10.0. The number of carbonyl (C=O) groups excluding carboxylic acids is 3. The summed E-state index contributed by atoms with van der Waals surface area (Å²) in [6.07, 6.45) is 84.8. The van der Waals surface area contributed by atoms with E-state index >= 15 is 0 Å². The smallest absolute Gasteiger partial charge is 0.306 e. The zero-order valence-corrected chi connectivity index (χ0v) is 47.1. The highest BCUT2D eigenvalue weighted by Crippen LogP contribution is 2.15. The molecule has 0 heterocycles. The lowest BCUT2D eigenvalue weighted by Gasteiger charge is -2.18. The Hall–Kier alpha value is -4.45. The van der Waals surface area contributed by atoms with Crippen LogP contribution < -0.4 is 0 Å². The van der Waals surface area contributed by atoms with Crippen LogP contribution in [0.4, 0.5) is 0 Å². The van der Waals surface area contributed by atoms with Crippen LogP contribution in [-0.2, 0) is 28.6 Å². The van der Waals surface area contributed by atoms with Crippen LogP contribution in [0.3, 0.4) is 0 Å². The Morgan fingerprint density at radius 1 is 0.288 bits per heavy atom.